The van der Waals surface area contributed by atoms with Gasteiger partial charge in [0.25, 0.3) is 0 Å². The maximum Gasteiger partial charge on any atom is 0.0724 e. The molecule has 0 saturated carbocycles. The Hall–Kier alpha value is -5.15. The highest BCUT2D eigenvalue weighted by Crippen LogP contribution is 2.37. The molecule has 178 valence electrons. The largest absolute Gasteiger partial charge is 0.309 e. The summed E-state index contributed by atoms with van der Waals surface area (Å²) in [6.07, 6.45) is 3.87. The first kappa shape index (κ1) is 21.0. The third kappa shape index (κ3) is 3.06. The highest BCUT2D eigenvalue weighted by molar-refractivity contribution is 6.12. The molecule has 3 aromatic heterocycles. The zero-order chi connectivity index (χ0) is 25.1. The average molecular weight is 486 g/mol. The fraction of sp³-hybridized carbons (Fsp3) is 0. The van der Waals surface area contributed by atoms with Gasteiger partial charge in [-0.25, -0.2) is 0 Å². The Bertz CT molecular complexity index is 2120. The van der Waals surface area contributed by atoms with Crippen molar-refractivity contribution in [3.05, 3.63) is 140 Å². The van der Waals surface area contributed by atoms with Crippen LogP contribution >= 0.6 is 0 Å². The molecule has 0 N–H and O–H groups in total. The number of fused-ring (bicyclic) bond motifs is 6. The monoisotopic (exact) mass is 485 g/mol. The fourth-order valence-corrected chi connectivity index (χ4v) is 5.91. The lowest BCUT2D eigenvalue weighted by Crippen LogP contribution is -1.95. The summed E-state index contributed by atoms with van der Waals surface area (Å²) in [6, 6.07) is 45.6. The van der Waals surface area contributed by atoms with Gasteiger partial charge in [0.05, 0.1) is 28.3 Å². The lowest BCUT2D eigenvalue weighted by Gasteiger charge is -2.10. The molecule has 38 heavy (non-hydrogen) atoms. The van der Waals surface area contributed by atoms with Crippen LogP contribution in [0.3, 0.4) is 0 Å². The van der Waals surface area contributed by atoms with E-state index in [1.54, 1.807) is 0 Å². The van der Waals surface area contributed by atoms with Gasteiger partial charge in [-0.1, -0.05) is 72.8 Å². The van der Waals surface area contributed by atoms with Crippen molar-refractivity contribution < 1.29 is 0 Å². The van der Waals surface area contributed by atoms with Crippen molar-refractivity contribution in [2.24, 2.45) is 0 Å². The summed E-state index contributed by atoms with van der Waals surface area (Å²) in [5, 5.41) is 4.93. The highest BCUT2D eigenvalue weighted by atomic mass is 15.0. The van der Waals surface area contributed by atoms with Crippen LogP contribution in [0.4, 0.5) is 0 Å². The maximum atomic E-state index is 4.51. The number of rotatable bonds is 3. The van der Waals surface area contributed by atoms with Crippen LogP contribution in [0.5, 0.6) is 0 Å². The molecule has 0 spiro atoms. The molecular weight excluding hydrogens is 462 g/mol. The van der Waals surface area contributed by atoms with Crippen LogP contribution in [0, 0.1) is 0 Å². The standard InChI is InChI=1S/C35H23N3/c1-3-9-24(10-4-1)25-15-17-33-30(21-25)29-19-20-36-23-35(29)38(33)27-16-18-34-31(22-27)28-13-7-8-14-32(28)37(34)26-11-5-2-6-12-26/h1-23H. The van der Waals surface area contributed by atoms with Crippen LogP contribution in [0.15, 0.2) is 140 Å². The number of aromatic nitrogens is 3. The highest BCUT2D eigenvalue weighted by Gasteiger charge is 2.16. The second-order valence-electron chi connectivity index (χ2n) is 9.72. The van der Waals surface area contributed by atoms with E-state index in [2.05, 4.69) is 142 Å². The van der Waals surface area contributed by atoms with E-state index < -0.39 is 0 Å². The zero-order valence-electron chi connectivity index (χ0n) is 20.6. The molecule has 0 aliphatic carbocycles. The first-order valence-corrected chi connectivity index (χ1v) is 12.9. The van der Waals surface area contributed by atoms with Crippen molar-refractivity contribution in [3.8, 4) is 22.5 Å². The quantitative estimate of drug-likeness (QED) is 0.245. The Morgan fingerprint density at radius 1 is 0.395 bits per heavy atom. The van der Waals surface area contributed by atoms with Gasteiger partial charge in [0, 0.05) is 39.1 Å². The maximum absolute atomic E-state index is 4.51. The Morgan fingerprint density at radius 2 is 1.03 bits per heavy atom. The van der Waals surface area contributed by atoms with Gasteiger partial charge >= 0.3 is 0 Å². The van der Waals surface area contributed by atoms with Crippen molar-refractivity contribution in [2.45, 2.75) is 0 Å². The topological polar surface area (TPSA) is 22.8 Å². The van der Waals surface area contributed by atoms with Gasteiger partial charge in [-0.3, -0.25) is 4.98 Å². The summed E-state index contributed by atoms with van der Waals surface area (Å²) in [5.41, 5.74) is 9.44. The molecule has 0 saturated heterocycles. The summed E-state index contributed by atoms with van der Waals surface area (Å²) < 4.78 is 4.70. The number of nitrogens with zero attached hydrogens (tertiary/aromatic N) is 3. The predicted octanol–water partition coefficient (Wildman–Crippen LogP) is 8.94. The molecule has 3 nitrogen and oxygen atoms in total. The Morgan fingerprint density at radius 3 is 1.87 bits per heavy atom. The molecule has 0 atom stereocenters. The zero-order valence-corrected chi connectivity index (χ0v) is 20.6. The van der Waals surface area contributed by atoms with E-state index >= 15 is 0 Å². The van der Waals surface area contributed by atoms with Gasteiger partial charge in [0.1, 0.15) is 0 Å². The Balaban J connectivity index is 1.41. The number of hydrogen-bond donors (Lipinski definition) is 0. The van der Waals surface area contributed by atoms with Gasteiger partial charge in [-0.05, 0) is 65.7 Å². The first-order chi connectivity index (χ1) is 18.9. The SMILES string of the molecule is c1ccc(-c2ccc3c(c2)c2ccncc2n3-c2ccc3c(c2)c2ccccc2n3-c2ccccc2)cc1. The van der Waals surface area contributed by atoms with E-state index in [1.807, 2.05) is 12.4 Å². The van der Waals surface area contributed by atoms with E-state index in [1.165, 1.54) is 54.9 Å². The molecule has 3 heterocycles. The van der Waals surface area contributed by atoms with E-state index in [0.717, 1.165) is 11.2 Å². The van der Waals surface area contributed by atoms with E-state index in [9.17, 15) is 0 Å². The molecular formula is C35H23N3. The molecule has 0 radical (unpaired) electrons. The van der Waals surface area contributed by atoms with Gasteiger partial charge in [0.2, 0.25) is 0 Å². The molecule has 0 bridgehead atoms. The van der Waals surface area contributed by atoms with Crippen molar-refractivity contribution >= 4 is 43.6 Å². The number of hydrogen-bond acceptors (Lipinski definition) is 1. The molecule has 8 rings (SSSR count). The van der Waals surface area contributed by atoms with Crippen molar-refractivity contribution in [2.75, 3.05) is 0 Å². The number of benzene rings is 5. The minimum absolute atomic E-state index is 1.11. The molecule has 0 unspecified atom stereocenters. The van der Waals surface area contributed by atoms with Crippen LogP contribution in [0.2, 0.25) is 0 Å². The summed E-state index contributed by atoms with van der Waals surface area (Å²) in [4.78, 5) is 4.51. The number of para-hydroxylation sites is 2. The molecule has 0 aliphatic heterocycles. The van der Waals surface area contributed by atoms with Crippen LogP contribution in [0.1, 0.15) is 0 Å². The fourth-order valence-electron chi connectivity index (χ4n) is 5.91. The lowest BCUT2D eigenvalue weighted by atomic mass is 10.0. The molecule has 0 aliphatic rings. The molecule has 8 aromatic rings. The van der Waals surface area contributed by atoms with E-state index in [4.69, 9.17) is 0 Å². The van der Waals surface area contributed by atoms with E-state index in [-0.39, 0.29) is 0 Å². The summed E-state index contributed by atoms with van der Waals surface area (Å²) in [6.45, 7) is 0. The lowest BCUT2D eigenvalue weighted by molar-refractivity contribution is 1.16. The van der Waals surface area contributed by atoms with Crippen molar-refractivity contribution in [3.63, 3.8) is 0 Å². The van der Waals surface area contributed by atoms with Gasteiger partial charge < -0.3 is 9.13 Å². The first-order valence-electron chi connectivity index (χ1n) is 12.9. The average Bonchev–Trinajstić information content (AvgIpc) is 3.50. The van der Waals surface area contributed by atoms with Crippen molar-refractivity contribution in [1.82, 2.24) is 14.1 Å². The summed E-state index contributed by atoms with van der Waals surface area (Å²) in [7, 11) is 0. The van der Waals surface area contributed by atoms with Crippen LogP contribution in [-0.4, -0.2) is 14.1 Å². The third-order valence-electron chi connectivity index (χ3n) is 7.60. The minimum atomic E-state index is 1.11. The van der Waals surface area contributed by atoms with Crippen LogP contribution < -0.4 is 0 Å². The Kier molecular flexibility index (Phi) is 4.52. The Labute approximate surface area is 219 Å². The summed E-state index contributed by atoms with van der Waals surface area (Å²) >= 11 is 0. The normalized spacial score (nSPS) is 11.7. The van der Waals surface area contributed by atoms with E-state index in [0.29, 0.717) is 0 Å². The molecule has 0 fully saturated rings. The van der Waals surface area contributed by atoms with Crippen molar-refractivity contribution in [1.29, 1.82) is 0 Å². The molecule has 0 amide bonds. The smallest absolute Gasteiger partial charge is 0.0724 e. The second-order valence-corrected chi connectivity index (χ2v) is 9.72. The van der Waals surface area contributed by atoms with Crippen LogP contribution in [0.25, 0.3) is 66.1 Å². The number of pyridine rings is 1. The predicted molar refractivity (Wildman–Crippen MR) is 158 cm³/mol. The van der Waals surface area contributed by atoms with Crippen LogP contribution in [-0.2, 0) is 0 Å². The van der Waals surface area contributed by atoms with Gasteiger partial charge in [-0.2, -0.15) is 0 Å². The second kappa shape index (κ2) is 8.19. The minimum Gasteiger partial charge on any atom is -0.309 e. The molecule has 3 heteroatoms. The van der Waals surface area contributed by atoms with Gasteiger partial charge in [-0.15, -0.1) is 0 Å². The van der Waals surface area contributed by atoms with Gasteiger partial charge in [0.15, 0.2) is 0 Å². The summed E-state index contributed by atoms with van der Waals surface area (Å²) in [5.74, 6) is 0. The molecule has 5 aromatic carbocycles. The third-order valence-corrected chi connectivity index (χ3v) is 7.60.